The quantitative estimate of drug-likeness (QED) is 0.507. The van der Waals surface area contributed by atoms with Gasteiger partial charge in [0.1, 0.15) is 0 Å². The van der Waals surface area contributed by atoms with Crippen LogP contribution in [0, 0.1) is 17.3 Å². The third-order valence-corrected chi connectivity index (χ3v) is 2.26. The molecule has 0 N–H and O–H groups in total. The molecule has 1 unspecified atom stereocenters. The van der Waals surface area contributed by atoms with Crippen molar-refractivity contribution in [3.05, 3.63) is 0 Å². The summed E-state index contributed by atoms with van der Waals surface area (Å²) in [6.45, 7) is 8.72. The van der Waals surface area contributed by atoms with Gasteiger partial charge in [0.15, 0.2) is 0 Å². The second-order valence-electron chi connectivity index (χ2n) is 4.08. The fourth-order valence-corrected chi connectivity index (χ4v) is 2.27. The molecule has 0 heterocycles. The van der Waals surface area contributed by atoms with Crippen molar-refractivity contribution in [2.24, 2.45) is 5.41 Å². The largest absolute Gasteiger partial charge is 0.107 e. The Bertz CT molecular complexity index is 169. The van der Waals surface area contributed by atoms with Gasteiger partial charge in [-0.05, 0) is 25.2 Å². The van der Waals surface area contributed by atoms with Crippen molar-refractivity contribution in [3.63, 3.8) is 0 Å². The molecule has 0 spiro atoms. The van der Waals surface area contributed by atoms with Crippen LogP contribution in [-0.2, 0) is 0 Å². The van der Waals surface area contributed by atoms with Crippen LogP contribution in [-0.4, -0.2) is 4.83 Å². The van der Waals surface area contributed by atoms with Crippen molar-refractivity contribution in [2.45, 2.75) is 51.8 Å². The van der Waals surface area contributed by atoms with Gasteiger partial charge in [0.25, 0.3) is 0 Å². The molecule has 0 aliphatic heterocycles. The highest BCUT2D eigenvalue weighted by molar-refractivity contribution is 9.09. The molecule has 12 heavy (non-hydrogen) atoms. The first kappa shape index (κ1) is 12.0. The highest BCUT2D eigenvalue weighted by Gasteiger charge is 2.18. The Morgan fingerprint density at radius 3 is 2.42 bits per heavy atom. The molecule has 0 nitrogen and oxygen atoms in total. The Labute approximate surface area is 85.3 Å². The second-order valence-corrected chi connectivity index (χ2v) is 5.64. The number of hydrogen-bond donors (Lipinski definition) is 0. The Balaban J connectivity index is 3.75. The van der Waals surface area contributed by atoms with E-state index in [4.69, 9.17) is 0 Å². The molecule has 1 heteroatoms. The van der Waals surface area contributed by atoms with E-state index < -0.39 is 0 Å². The van der Waals surface area contributed by atoms with Crippen molar-refractivity contribution in [1.82, 2.24) is 0 Å². The van der Waals surface area contributed by atoms with E-state index in [-0.39, 0.29) is 0 Å². The minimum absolute atomic E-state index is 0.423. The van der Waals surface area contributed by atoms with Crippen LogP contribution < -0.4 is 0 Å². The lowest BCUT2D eigenvalue weighted by atomic mass is 9.83. The molecule has 0 saturated heterocycles. The van der Waals surface area contributed by atoms with E-state index in [0.717, 1.165) is 6.42 Å². The van der Waals surface area contributed by atoms with Crippen LogP contribution in [0.1, 0.15) is 47.0 Å². The van der Waals surface area contributed by atoms with Gasteiger partial charge >= 0.3 is 0 Å². The van der Waals surface area contributed by atoms with Gasteiger partial charge in [0, 0.05) is 11.2 Å². The zero-order chi connectivity index (χ0) is 9.61. The lowest BCUT2D eigenvalue weighted by molar-refractivity contribution is 0.314. The van der Waals surface area contributed by atoms with Crippen LogP contribution in [0.25, 0.3) is 0 Å². The van der Waals surface area contributed by atoms with E-state index in [1.54, 1.807) is 0 Å². The topological polar surface area (TPSA) is 0 Å². The summed E-state index contributed by atoms with van der Waals surface area (Å²) in [4.78, 5) is 0.613. The zero-order valence-electron chi connectivity index (χ0n) is 8.58. The van der Waals surface area contributed by atoms with Gasteiger partial charge < -0.3 is 0 Å². The van der Waals surface area contributed by atoms with Gasteiger partial charge in [-0.15, -0.1) is 11.8 Å². The van der Waals surface area contributed by atoms with Gasteiger partial charge in [-0.25, -0.2) is 0 Å². The Morgan fingerprint density at radius 2 is 2.00 bits per heavy atom. The number of rotatable bonds is 4. The summed E-state index contributed by atoms with van der Waals surface area (Å²) < 4.78 is 0. The first-order chi connectivity index (χ1) is 5.48. The molecule has 1 atom stereocenters. The molecular formula is C11H19Br. The summed E-state index contributed by atoms with van der Waals surface area (Å²) in [7, 11) is 0. The Hall–Kier alpha value is 0.0400. The van der Waals surface area contributed by atoms with Gasteiger partial charge in [-0.2, -0.15) is 0 Å². The van der Waals surface area contributed by atoms with Crippen molar-refractivity contribution in [2.75, 3.05) is 0 Å². The summed E-state index contributed by atoms with van der Waals surface area (Å²) in [5, 5.41) is 0. The molecule has 0 fully saturated rings. The molecule has 0 aromatic rings. The highest BCUT2D eigenvalue weighted by Crippen LogP contribution is 2.30. The number of halogens is 1. The van der Waals surface area contributed by atoms with Crippen LogP contribution >= 0.6 is 15.9 Å². The SMILES string of the molecule is CC#CCCC(C)(C)CC(C)Br. The van der Waals surface area contributed by atoms with E-state index in [2.05, 4.69) is 48.5 Å². The van der Waals surface area contributed by atoms with Crippen molar-refractivity contribution < 1.29 is 0 Å². The summed E-state index contributed by atoms with van der Waals surface area (Å²) in [6.07, 6.45) is 3.45. The fourth-order valence-electron chi connectivity index (χ4n) is 1.39. The monoisotopic (exact) mass is 230 g/mol. The highest BCUT2D eigenvalue weighted by atomic mass is 79.9. The Kier molecular flexibility index (Phi) is 5.66. The summed E-state index contributed by atoms with van der Waals surface area (Å²) in [5.74, 6) is 6.04. The molecule has 0 aromatic carbocycles. The van der Waals surface area contributed by atoms with E-state index in [1.165, 1.54) is 12.8 Å². The lowest BCUT2D eigenvalue weighted by Crippen LogP contribution is -2.15. The first-order valence-electron chi connectivity index (χ1n) is 4.51. The van der Waals surface area contributed by atoms with Crippen LogP contribution in [0.5, 0.6) is 0 Å². The maximum absolute atomic E-state index is 3.58. The summed E-state index contributed by atoms with van der Waals surface area (Å²) >= 11 is 3.58. The average Bonchev–Trinajstić information content (AvgIpc) is 1.84. The van der Waals surface area contributed by atoms with Crippen molar-refractivity contribution in [3.8, 4) is 11.8 Å². The lowest BCUT2D eigenvalue weighted by Gasteiger charge is -2.24. The van der Waals surface area contributed by atoms with Crippen LogP contribution in [0.15, 0.2) is 0 Å². The minimum atomic E-state index is 0.423. The molecule has 0 aliphatic carbocycles. The third-order valence-electron chi connectivity index (χ3n) is 1.94. The fraction of sp³-hybridized carbons (Fsp3) is 0.818. The smallest absolute Gasteiger partial charge is 0.0122 e. The van der Waals surface area contributed by atoms with Crippen molar-refractivity contribution in [1.29, 1.82) is 0 Å². The number of hydrogen-bond acceptors (Lipinski definition) is 0. The predicted molar refractivity (Wildman–Crippen MR) is 59.5 cm³/mol. The van der Waals surface area contributed by atoms with E-state index >= 15 is 0 Å². The van der Waals surface area contributed by atoms with Gasteiger partial charge in [-0.3, -0.25) is 0 Å². The van der Waals surface area contributed by atoms with Crippen LogP contribution in [0.4, 0.5) is 0 Å². The second kappa shape index (κ2) is 5.65. The minimum Gasteiger partial charge on any atom is -0.107 e. The standard InChI is InChI=1S/C11H19Br/c1-5-6-7-8-11(3,4)9-10(2)12/h10H,7-9H2,1-4H3. The van der Waals surface area contributed by atoms with Gasteiger partial charge in [-0.1, -0.05) is 36.7 Å². The molecular weight excluding hydrogens is 212 g/mol. The van der Waals surface area contributed by atoms with E-state index in [1.807, 2.05) is 6.92 Å². The summed E-state index contributed by atoms with van der Waals surface area (Å²) in [5.41, 5.74) is 0.423. The molecule has 0 radical (unpaired) electrons. The maximum Gasteiger partial charge on any atom is 0.0122 e. The molecule has 0 saturated carbocycles. The molecule has 0 aromatic heterocycles. The van der Waals surface area contributed by atoms with Crippen molar-refractivity contribution >= 4 is 15.9 Å². The molecule has 0 amide bonds. The third kappa shape index (κ3) is 6.73. The van der Waals surface area contributed by atoms with Gasteiger partial charge in [0.05, 0.1) is 0 Å². The maximum atomic E-state index is 3.58. The van der Waals surface area contributed by atoms with Crippen LogP contribution in [0.2, 0.25) is 0 Å². The summed E-state index contributed by atoms with van der Waals surface area (Å²) in [6, 6.07) is 0. The normalized spacial score (nSPS) is 13.4. The molecule has 70 valence electrons. The first-order valence-corrected chi connectivity index (χ1v) is 5.43. The van der Waals surface area contributed by atoms with Gasteiger partial charge in [0.2, 0.25) is 0 Å². The van der Waals surface area contributed by atoms with Crippen LogP contribution in [0.3, 0.4) is 0 Å². The molecule has 0 rings (SSSR count). The van der Waals surface area contributed by atoms with E-state index in [0.29, 0.717) is 10.2 Å². The van der Waals surface area contributed by atoms with E-state index in [9.17, 15) is 0 Å². The zero-order valence-corrected chi connectivity index (χ0v) is 10.2. The molecule has 0 bridgehead atoms. The average molecular weight is 231 g/mol. The number of alkyl halides is 1. The Morgan fingerprint density at radius 1 is 1.42 bits per heavy atom. The predicted octanol–water partition coefficient (Wildman–Crippen LogP) is 3.99. The molecule has 0 aliphatic rings.